The van der Waals surface area contributed by atoms with Crippen LogP contribution in [0.2, 0.25) is 0 Å². The summed E-state index contributed by atoms with van der Waals surface area (Å²) >= 11 is 0. The quantitative estimate of drug-likeness (QED) is 0.0482. The van der Waals surface area contributed by atoms with Crippen LogP contribution in [0.3, 0.4) is 0 Å². The normalized spacial score (nSPS) is 12.6. The van der Waals surface area contributed by atoms with Gasteiger partial charge >= 0.3 is 5.97 Å². The minimum atomic E-state index is 0. The van der Waals surface area contributed by atoms with Crippen LogP contribution in [-0.4, -0.2) is 21.6 Å². The van der Waals surface area contributed by atoms with Crippen LogP contribution in [0.4, 0.5) is 0 Å². The van der Waals surface area contributed by atoms with Crippen LogP contribution >= 0.6 is 17.0 Å². The summed E-state index contributed by atoms with van der Waals surface area (Å²) in [7, 11) is 0. The number of hydrogen-bond acceptors (Lipinski definition) is 3. The van der Waals surface area contributed by atoms with Gasteiger partial charge in [-0.25, -0.2) is 4.98 Å². The van der Waals surface area contributed by atoms with E-state index in [0.717, 1.165) is 50.5 Å². The lowest BCUT2D eigenvalue weighted by Crippen LogP contribution is -2.19. The average molecular weight is 1030 g/mol. The molecule has 0 amide bonds. The van der Waals surface area contributed by atoms with Crippen molar-refractivity contribution in [1.29, 1.82) is 0 Å². The Morgan fingerprint density at radius 3 is 1.29 bits per heavy atom. The zero-order valence-electron chi connectivity index (χ0n) is 47.9. The number of halogens is 1. The Hall–Kier alpha value is -0.840. The van der Waals surface area contributed by atoms with Crippen LogP contribution < -0.4 is 0 Å². The van der Waals surface area contributed by atoms with Crippen LogP contribution in [0.5, 0.6) is 0 Å². The molecule has 2 atom stereocenters. The highest BCUT2D eigenvalue weighted by Crippen LogP contribution is 2.27. The molecule has 0 spiro atoms. The molecular weight excluding hydrogens is 909 g/mol. The van der Waals surface area contributed by atoms with Gasteiger partial charge < -0.3 is 9.30 Å². The van der Waals surface area contributed by atoms with Crippen molar-refractivity contribution >= 4 is 23.0 Å². The van der Waals surface area contributed by atoms with Crippen LogP contribution in [0.1, 0.15) is 356 Å². The molecule has 69 heavy (non-hydrogen) atoms. The van der Waals surface area contributed by atoms with Gasteiger partial charge in [-0.05, 0) is 62.7 Å². The topological polar surface area (TPSA) is 44.1 Å². The number of esters is 1. The van der Waals surface area contributed by atoms with Gasteiger partial charge in [-0.2, -0.15) is 0 Å². The summed E-state index contributed by atoms with van der Waals surface area (Å²) in [5.74, 6) is 3.59. The van der Waals surface area contributed by atoms with Crippen LogP contribution in [0.15, 0.2) is 12.4 Å². The molecule has 5 heteroatoms. The van der Waals surface area contributed by atoms with Gasteiger partial charge in [0, 0.05) is 31.8 Å². The molecule has 0 fully saturated rings. The van der Waals surface area contributed by atoms with Gasteiger partial charge in [0.25, 0.3) is 0 Å². The lowest BCUT2D eigenvalue weighted by molar-refractivity contribution is -0.150. The summed E-state index contributed by atoms with van der Waals surface area (Å²) in [5.41, 5.74) is 0. The molecule has 0 saturated carbocycles. The van der Waals surface area contributed by atoms with E-state index in [9.17, 15) is 4.79 Å². The smallest absolute Gasteiger partial charge is 0.306 e. The predicted molar refractivity (Wildman–Crippen MR) is 312 cm³/mol. The Balaban J connectivity index is 0.0000462. The van der Waals surface area contributed by atoms with Gasteiger partial charge in [-0.1, -0.05) is 298 Å². The van der Waals surface area contributed by atoms with Gasteiger partial charge in [0.2, 0.25) is 0 Å². The molecule has 0 aliphatic carbocycles. The maximum absolute atomic E-state index is 13.3. The van der Waals surface area contributed by atoms with Crippen molar-refractivity contribution in [1.82, 2.24) is 9.55 Å². The zero-order chi connectivity index (χ0) is 49.2. The van der Waals surface area contributed by atoms with Crippen molar-refractivity contribution < 1.29 is 9.53 Å². The van der Waals surface area contributed by atoms with Gasteiger partial charge in [-0.15, -0.1) is 17.0 Å². The second kappa shape index (κ2) is 53.5. The highest BCUT2D eigenvalue weighted by Gasteiger charge is 2.17. The molecule has 0 aromatic carbocycles. The average Bonchev–Trinajstić information content (AvgIpc) is 3.78. The largest absolute Gasteiger partial charge is 0.462 e. The van der Waals surface area contributed by atoms with Crippen molar-refractivity contribution in [3.8, 4) is 0 Å². The zero-order valence-corrected chi connectivity index (χ0v) is 49.7. The molecule has 0 radical (unpaired) electrons. The van der Waals surface area contributed by atoms with E-state index in [1.165, 1.54) is 282 Å². The molecule has 0 N–H and O–H groups in total. The number of ether oxygens (including phenoxy) is 1. The standard InChI is InChI=1S/C64H124N2O2.BrH/c1-7-10-13-15-17-19-21-23-25-27-29-31-33-35-37-39-48-61(49-40-38-36-34-32-30-28-26-24-22-20-18-16-14-11-8-2)50-41-42-51-62(55-54-60(6)47-45-46-59(4)5)68-64(67)53-43-44-57-66-58-56-65-63(66)52-12-9-3;/h56,58-62H,7-55,57H2,1-6H3;1H. The second-order valence-corrected chi connectivity index (χ2v) is 23.1. The first-order valence-electron chi connectivity index (χ1n) is 31.6. The van der Waals surface area contributed by atoms with Crippen LogP contribution in [0, 0.1) is 17.8 Å². The first-order valence-corrected chi connectivity index (χ1v) is 31.6. The monoisotopic (exact) mass is 1030 g/mol. The molecule has 1 aromatic rings. The minimum absolute atomic E-state index is 0. The second-order valence-electron chi connectivity index (χ2n) is 23.1. The number of aryl methyl sites for hydroxylation is 2. The molecule has 0 aliphatic rings. The molecular formula is C64H125BrN2O2. The SMILES string of the molecule is Br.CCCCCCCCCCCCCCCCCCC(CCCCCCCCCCCCCCCCCC)CCCCC(CCC(C)CCCC(C)C)OC(=O)CCCCn1ccnc1CCCC. The number of hydrogen-bond donors (Lipinski definition) is 0. The summed E-state index contributed by atoms with van der Waals surface area (Å²) in [5, 5.41) is 0. The molecule has 4 nitrogen and oxygen atoms in total. The maximum atomic E-state index is 13.3. The highest BCUT2D eigenvalue weighted by atomic mass is 79.9. The molecule has 1 heterocycles. The number of carbonyl (C=O) groups is 1. The summed E-state index contributed by atoms with van der Waals surface area (Å²) in [4.78, 5) is 17.9. The molecule has 1 rings (SSSR count). The van der Waals surface area contributed by atoms with E-state index >= 15 is 0 Å². The fourth-order valence-corrected chi connectivity index (χ4v) is 10.9. The van der Waals surface area contributed by atoms with Crippen molar-refractivity contribution in [2.45, 2.75) is 369 Å². The maximum Gasteiger partial charge on any atom is 0.306 e. The van der Waals surface area contributed by atoms with Gasteiger partial charge in [0.05, 0.1) is 0 Å². The highest BCUT2D eigenvalue weighted by molar-refractivity contribution is 8.93. The van der Waals surface area contributed by atoms with Gasteiger partial charge in [0.15, 0.2) is 0 Å². The van der Waals surface area contributed by atoms with E-state index in [2.05, 4.69) is 57.3 Å². The first kappa shape index (κ1) is 68.2. The first-order chi connectivity index (χ1) is 33.4. The van der Waals surface area contributed by atoms with Crippen molar-refractivity contribution in [2.75, 3.05) is 0 Å². The third-order valence-corrected chi connectivity index (χ3v) is 15.7. The Kier molecular flexibility index (Phi) is 52.8. The van der Waals surface area contributed by atoms with E-state index in [1.807, 2.05) is 6.20 Å². The summed E-state index contributed by atoms with van der Waals surface area (Å²) in [6.45, 7) is 14.9. The van der Waals surface area contributed by atoms with E-state index in [0.29, 0.717) is 12.3 Å². The minimum Gasteiger partial charge on any atom is -0.462 e. The lowest BCUT2D eigenvalue weighted by Gasteiger charge is -2.21. The number of nitrogens with zero attached hydrogens (tertiary/aromatic N) is 2. The molecule has 410 valence electrons. The molecule has 2 unspecified atom stereocenters. The number of carbonyl (C=O) groups excluding carboxylic acids is 1. The lowest BCUT2D eigenvalue weighted by atomic mass is 9.89. The summed E-state index contributed by atoms with van der Waals surface area (Å²) < 4.78 is 8.62. The van der Waals surface area contributed by atoms with E-state index in [1.54, 1.807) is 0 Å². The Morgan fingerprint density at radius 2 is 0.855 bits per heavy atom. The Labute approximate surface area is 444 Å². The Bertz CT molecular complexity index is 1120. The van der Waals surface area contributed by atoms with Gasteiger partial charge in [0.1, 0.15) is 11.9 Å². The molecule has 0 bridgehead atoms. The number of unbranched alkanes of at least 4 members (excludes halogenated alkanes) is 33. The molecule has 0 aliphatic heterocycles. The molecule has 1 aromatic heterocycles. The fourth-order valence-electron chi connectivity index (χ4n) is 10.9. The molecule has 0 saturated heterocycles. The number of imidazole rings is 1. The number of rotatable bonds is 55. The van der Waals surface area contributed by atoms with E-state index < -0.39 is 0 Å². The summed E-state index contributed by atoms with van der Waals surface area (Å²) in [6.07, 6.45) is 70.2. The van der Waals surface area contributed by atoms with Crippen LogP contribution in [0.25, 0.3) is 0 Å². The third kappa shape index (κ3) is 46.7. The predicted octanol–water partition coefficient (Wildman–Crippen LogP) is 22.6. The van der Waals surface area contributed by atoms with Crippen molar-refractivity contribution in [2.24, 2.45) is 17.8 Å². The van der Waals surface area contributed by atoms with E-state index in [4.69, 9.17) is 4.74 Å². The number of aromatic nitrogens is 2. The van der Waals surface area contributed by atoms with E-state index in [-0.39, 0.29) is 29.1 Å². The third-order valence-electron chi connectivity index (χ3n) is 15.7. The Morgan fingerprint density at radius 1 is 0.449 bits per heavy atom. The van der Waals surface area contributed by atoms with Crippen molar-refractivity contribution in [3.05, 3.63) is 18.2 Å². The van der Waals surface area contributed by atoms with Crippen molar-refractivity contribution in [3.63, 3.8) is 0 Å². The van der Waals surface area contributed by atoms with Gasteiger partial charge in [-0.3, -0.25) is 4.79 Å². The fraction of sp³-hybridized carbons (Fsp3) is 0.938. The van der Waals surface area contributed by atoms with Crippen LogP contribution in [-0.2, 0) is 22.5 Å². The summed E-state index contributed by atoms with van der Waals surface area (Å²) in [6, 6.07) is 0.